The summed E-state index contributed by atoms with van der Waals surface area (Å²) in [7, 11) is 0. The van der Waals surface area contributed by atoms with Crippen LogP contribution in [0.3, 0.4) is 0 Å². The lowest BCUT2D eigenvalue weighted by Crippen LogP contribution is -2.22. The molecule has 2 N–H and O–H groups in total. The normalized spacial score (nSPS) is 10.5. The van der Waals surface area contributed by atoms with Crippen molar-refractivity contribution in [3.63, 3.8) is 0 Å². The zero-order valence-electron chi connectivity index (χ0n) is 18.5. The first kappa shape index (κ1) is 23.0. The number of ether oxygens (including phenoxy) is 3. The van der Waals surface area contributed by atoms with Crippen molar-refractivity contribution in [1.29, 1.82) is 0 Å². The third-order valence-electron chi connectivity index (χ3n) is 4.38. The lowest BCUT2D eigenvalue weighted by atomic mass is 10.2. The second-order valence-electron chi connectivity index (χ2n) is 7.64. The van der Waals surface area contributed by atoms with Crippen molar-refractivity contribution in [3.05, 3.63) is 78.9 Å². The van der Waals surface area contributed by atoms with E-state index < -0.39 is 0 Å². The first-order valence-electron chi connectivity index (χ1n) is 10.8. The minimum atomic E-state index is -0.159. The van der Waals surface area contributed by atoms with E-state index in [-0.39, 0.29) is 12.5 Å². The van der Waals surface area contributed by atoms with Gasteiger partial charge in [0.25, 0.3) is 0 Å². The standard InChI is InChI=1S/C26H30N2O4/c1-20(2)19-32-23-12-8-9-21(17-23)28-26(29)18-27-24-13-6-7-14-25(24)31-16-15-30-22-10-4-3-5-11-22/h3-14,17,20,27H,15-16,18-19H2,1-2H3,(H,28,29). The van der Waals surface area contributed by atoms with Gasteiger partial charge in [-0.15, -0.1) is 0 Å². The minimum Gasteiger partial charge on any atom is -0.493 e. The molecule has 6 heteroatoms. The van der Waals surface area contributed by atoms with Crippen LogP contribution in [-0.4, -0.2) is 32.3 Å². The Hall–Kier alpha value is -3.67. The van der Waals surface area contributed by atoms with Crippen LogP contribution in [0.1, 0.15) is 13.8 Å². The molecule has 0 aliphatic rings. The molecule has 0 unspecified atom stereocenters. The molecule has 168 valence electrons. The molecule has 0 fully saturated rings. The van der Waals surface area contributed by atoms with Crippen molar-refractivity contribution >= 4 is 17.3 Å². The summed E-state index contributed by atoms with van der Waals surface area (Å²) < 4.78 is 17.2. The number of para-hydroxylation sites is 3. The maximum atomic E-state index is 12.4. The molecule has 0 aliphatic heterocycles. The molecule has 0 saturated heterocycles. The smallest absolute Gasteiger partial charge is 0.243 e. The molecule has 6 nitrogen and oxygen atoms in total. The molecular weight excluding hydrogens is 404 g/mol. The van der Waals surface area contributed by atoms with Crippen LogP contribution in [0.2, 0.25) is 0 Å². The fourth-order valence-corrected chi connectivity index (χ4v) is 2.87. The lowest BCUT2D eigenvalue weighted by molar-refractivity contribution is -0.114. The first-order chi connectivity index (χ1) is 15.6. The van der Waals surface area contributed by atoms with Gasteiger partial charge in [0.05, 0.1) is 18.8 Å². The monoisotopic (exact) mass is 434 g/mol. The summed E-state index contributed by atoms with van der Waals surface area (Å²) in [6, 6.07) is 24.5. The predicted molar refractivity (Wildman–Crippen MR) is 128 cm³/mol. The number of benzene rings is 3. The lowest BCUT2D eigenvalue weighted by Gasteiger charge is -2.14. The van der Waals surface area contributed by atoms with Crippen molar-refractivity contribution in [2.75, 3.05) is 37.0 Å². The van der Waals surface area contributed by atoms with Crippen LogP contribution in [0.4, 0.5) is 11.4 Å². The third kappa shape index (κ3) is 7.87. The van der Waals surface area contributed by atoms with Gasteiger partial charge < -0.3 is 24.8 Å². The van der Waals surface area contributed by atoms with Gasteiger partial charge >= 0.3 is 0 Å². The van der Waals surface area contributed by atoms with Gasteiger partial charge in [-0.25, -0.2) is 0 Å². The predicted octanol–water partition coefficient (Wildman–Crippen LogP) is 5.23. The highest BCUT2D eigenvalue weighted by Crippen LogP contribution is 2.24. The van der Waals surface area contributed by atoms with Crippen LogP contribution in [0.25, 0.3) is 0 Å². The SMILES string of the molecule is CC(C)COc1cccc(NC(=O)CNc2ccccc2OCCOc2ccccc2)c1. The summed E-state index contributed by atoms with van der Waals surface area (Å²) in [5.74, 6) is 2.48. The highest BCUT2D eigenvalue weighted by molar-refractivity contribution is 5.94. The van der Waals surface area contributed by atoms with E-state index >= 15 is 0 Å². The molecule has 0 atom stereocenters. The van der Waals surface area contributed by atoms with Crippen LogP contribution in [0.15, 0.2) is 78.9 Å². The van der Waals surface area contributed by atoms with Gasteiger partial charge in [0.1, 0.15) is 30.5 Å². The Labute approximate surface area is 189 Å². The topological polar surface area (TPSA) is 68.8 Å². The molecule has 0 aromatic heterocycles. The quantitative estimate of drug-likeness (QED) is 0.382. The summed E-state index contributed by atoms with van der Waals surface area (Å²) in [6.07, 6.45) is 0. The van der Waals surface area contributed by atoms with E-state index in [9.17, 15) is 4.79 Å². The van der Waals surface area contributed by atoms with Crippen LogP contribution >= 0.6 is 0 Å². The van der Waals surface area contributed by atoms with E-state index in [1.54, 1.807) is 0 Å². The number of carbonyl (C=O) groups is 1. The van der Waals surface area contributed by atoms with Crippen molar-refractivity contribution in [2.24, 2.45) is 5.92 Å². The second kappa shape index (κ2) is 12.2. The van der Waals surface area contributed by atoms with Gasteiger partial charge in [0.15, 0.2) is 0 Å². The van der Waals surface area contributed by atoms with E-state index in [0.29, 0.717) is 37.2 Å². The zero-order valence-corrected chi connectivity index (χ0v) is 18.5. The Morgan fingerprint density at radius 2 is 1.53 bits per heavy atom. The second-order valence-corrected chi connectivity index (χ2v) is 7.64. The number of hydrogen-bond donors (Lipinski definition) is 2. The number of rotatable bonds is 12. The van der Waals surface area contributed by atoms with Crippen molar-refractivity contribution in [2.45, 2.75) is 13.8 Å². The molecular formula is C26H30N2O4. The summed E-state index contributed by atoms with van der Waals surface area (Å²) >= 11 is 0. The minimum absolute atomic E-state index is 0.109. The average Bonchev–Trinajstić information content (AvgIpc) is 2.81. The molecule has 0 spiro atoms. The molecule has 3 rings (SSSR count). The van der Waals surface area contributed by atoms with Gasteiger partial charge in [-0.05, 0) is 42.3 Å². The maximum Gasteiger partial charge on any atom is 0.243 e. The highest BCUT2D eigenvalue weighted by atomic mass is 16.5. The fraction of sp³-hybridized carbons (Fsp3) is 0.269. The Balaban J connectivity index is 1.46. The Kier molecular flexibility index (Phi) is 8.80. The van der Waals surface area contributed by atoms with Gasteiger partial charge in [0, 0.05) is 11.8 Å². The third-order valence-corrected chi connectivity index (χ3v) is 4.38. The van der Waals surface area contributed by atoms with Crippen LogP contribution in [0.5, 0.6) is 17.2 Å². The Morgan fingerprint density at radius 1 is 0.812 bits per heavy atom. The number of amides is 1. The molecule has 0 saturated carbocycles. The molecule has 3 aromatic carbocycles. The fourth-order valence-electron chi connectivity index (χ4n) is 2.87. The number of anilines is 2. The average molecular weight is 435 g/mol. The summed E-state index contributed by atoms with van der Waals surface area (Å²) in [5, 5.41) is 6.03. The maximum absolute atomic E-state index is 12.4. The summed E-state index contributed by atoms with van der Waals surface area (Å²) in [5.41, 5.74) is 1.44. The summed E-state index contributed by atoms with van der Waals surface area (Å²) in [4.78, 5) is 12.4. The van der Waals surface area contributed by atoms with Crippen LogP contribution in [-0.2, 0) is 4.79 Å². The number of carbonyl (C=O) groups excluding carboxylic acids is 1. The van der Waals surface area contributed by atoms with E-state index in [1.807, 2.05) is 78.9 Å². The molecule has 0 bridgehead atoms. The van der Waals surface area contributed by atoms with Crippen LogP contribution < -0.4 is 24.8 Å². The van der Waals surface area contributed by atoms with Crippen LogP contribution in [0, 0.1) is 5.92 Å². The van der Waals surface area contributed by atoms with E-state index in [1.165, 1.54) is 0 Å². The van der Waals surface area contributed by atoms with Crippen molar-refractivity contribution in [3.8, 4) is 17.2 Å². The first-order valence-corrected chi connectivity index (χ1v) is 10.8. The molecule has 0 aliphatic carbocycles. The Bertz CT molecular complexity index is 976. The summed E-state index contributed by atoms with van der Waals surface area (Å²) in [6.45, 7) is 5.74. The molecule has 0 radical (unpaired) electrons. The van der Waals surface area contributed by atoms with Crippen molar-refractivity contribution < 1.29 is 19.0 Å². The number of hydrogen-bond acceptors (Lipinski definition) is 5. The molecule has 0 heterocycles. The van der Waals surface area contributed by atoms with E-state index in [4.69, 9.17) is 14.2 Å². The molecule has 32 heavy (non-hydrogen) atoms. The highest BCUT2D eigenvalue weighted by Gasteiger charge is 2.07. The number of nitrogens with one attached hydrogen (secondary N) is 2. The van der Waals surface area contributed by atoms with Gasteiger partial charge in [0.2, 0.25) is 5.91 Å². The van der Waals surface area contributed by atoms with Gasteiger partial charge in [-0.3, -0.25) is 4.79 Å². The Morgan fingerprint density at radius 3 is 2.34 bits per heavy atom. The van der Waals surface area contributed by atoms with Gasteiger partial charge in [-0.1, -0.05) is 50.2 Å². The largest absolute Gasteiger partial charge is 0.493 e. The molecule has 3 aromatic rings. The van der Waals surface area contributed by atoms with E-state index in [0.717, 1.165) is 17.2 Å². The van der Waals surface area contributed by atoms with E-state index in [2.05, 4.69) is 24.5 Å². The zero-order chi connectivity index (χ0) is 22.6. The van der Waals surface area contributed by atoms with Crippen molar-refractivity contribution in [1.82, 2.24) is 0 Å². The molecule has 1 amide bonds. The van der Waals surface area contributed by atoms with Gasteiger partial charge in [-0.2, -0.15) is 0 Å².